The number of amides is 3. The van der Waals surface area contributed by atoms with Crippen molar-refractivity contribution in [2.75, 3.05) is 43.4 Å². The van der Waals surface area contributed by atoms with Gasteiger partial charge in [-0.25, -0.2) is 4.79 Å². The van der Waals surface area contributed by atoms with Gasteiger partial charge in [-0.1, -0.05) is 43.2 Å². The zero-order valence-electron chi connectivity index (χ0n) is 18.5. The Balaban J connectivity index is 1.25. The summed E-state index contributed by atoms with van der Waals surface area (Å²) in [5, 5.41) is 3.05. The highest BCUT2D eigenvalue weighted by molar-refractivity contribution is 7.99. The third-order valence-corrected chi connectivity index (χ3v) is 8.05. The van der Waals surface area contributed by atoms with Crippen LogP contribution in [0.25, 0.3) is 0 Å². The first-order valence-electron chi connectivity index (χ1n) is 11.6. The number of nitrogens with one attached hydrogen (secondary N) is 1. The summed E-state index contributed by atoms with van der Waals surface area (Å²) in [5.41, 5.74) is 2.24. The normalized spacial score (nSPS) is 19.8. The molecule has 5 rings (SSSR count). The van der Waals surface area contributed by atoms with E-state index < -0.39 is 0 Å². The topological polar surface area (TPSA) is 55.9 Å². The fraction of sp³-hybridized carbons (Fsp3) is 0.440. The molecular formula is C25H30N4O2S. The molecule has 7 heteroatoms. The van der Waals surface area contributed by atoms with Crippen LogP contribution in [0.15, 0.2) is 52.3 Å². The average molecular weight is 451 g/mol. The van der Waals surface area contributed by atoms with Crippen molar-refractivity contribution in [1.82, 2.24) is 9.80 Å². The second kappa shape index (κ2) is 9.16. The van der Waals surface area contributed by atoms with Crippen molar-refractivity contribution in [3.63, 3.8) is 0 Å². The Morgan fingerprint density at radius 2 is 1.72 bits per heavy atom. The van der Waals surface area contributed by atoms with E-state index in [1.807, 2.05) is 47.4 Å². The summed E-state index contributed by atoms with van der Waals surface area (Å²) in [5.74, 6) is -0.0332. The van der Waals surface area contributed by atoms with E-state index in [-0.39, 0.29) is 11.9 Å². The first kappa shape index (κ1) is 21.3. The predicted octanol–water partition coefficient (Wildman–Crippen LogP) is 4.91. The SMILES string of the molecule is CN1C(=O)c2ccccc2Sc2ccc(NC(=O)N3CCN(C4CCCCC4)CC3)cc21. The van der Waals surface area contributed by atoms with Crippen molar-refractivity contribution >= 4 is 35.1 Å². The summed E-state index contributed by atoms with van der Waals surface area (Å²) in [6.45, 7) is 3.43. The highest BCUT2D eigenvalue weighted by atomic mass is 32.2. The van der Waals surface area contributed by atoms with Gasteiger partial charge in [-0.3, -0.25) is 9.69 Å². The van der Waals surface area contributed by atoms with Gasteiger partial charge in [0.25, 0.3) is 5.91 Å². The Morgan fingerprint density at radius 1 is 0.969 bits per heavy atom. The molecule has 0 bridgehead atoms. The highest BCUT2D eigenvalue weighted by Gasteiger charge is 2.28. The monoisotopic (exact) mass is 450 g/mol. The van der Waals surface area contributed by atoms with Gasteiger partial charge in [0, 0.05) is 54.7 Å². The number of hydrogen-bond acceptors (Lipinski definition) is 4. The molecule has 1 N–H and O–H groups in total. The van der Waals surface area contributed by atoms with Crippen LogP contribution in [-0.4, -0.2) is 61.0 Å². The van der Waals surface area contributed by atoms with Crippen molar-refractivity contribution in [3.8, 4) is 0 Å². The lowest BCUT2D eigenvalue weighted by Gasteiger charge is -2.40. The van der Waals surface area contributed by atoms with Crippen molar-refractivity contribution < 1.29 is 9.59 Å². The van der Waals surface area contributed by atoms with Crippen LogP contribution in [0.4, 0.5) is 16.2 Å². The lowest BCUT2D eigenvalue weighted by atomic mass is 9.94. The number of rotatable bonds is 2. The minimum Gasteiger partial charge on any atom is -0.322 e. The van der Waals surface area contributed by atoms with Gasteiger partial charge in [-0.15, -0.1) is 0 Å². The van der Waals surface area contributed by atoms with Crippen LogP contribution in [0.2, 0.25) is 0 Å². The molecule has 2 aromatic carbocycles. The number of urea groups is 1. The molecule has 3 aliphatic rings. The van der Waals surface area contributed by atoms with Gasteiger partial charge < -0.3 is 15.1 Å². The molecule has 2 aliphatic heterocycles. The van der Waals surface area contributed by atoms with E-state index in [9.17, 15) is 9.59 Å². The first-order valence-corrected chi connectivity index (χ1v) is 12.4. The number of carbonyl (C=O) groups is 2. The predicted molar refractivity (Wildman–Crippen MR) is 129 cm³/mol. The van der Waals surface area contributed by atoms with Gasteiger partial charge in [0.1, 0.15) is 0 Å². The summed E-state index contributed by atoms with van der Waals surface area (Å²) >= 11 is 1.59. The Labute approximate surface area is 193 Å². The fourth-order valence-corrected chi connectivity index (χ4v) is 6.11. The van der Waals surface area contributed by atoms with E-state index >= 15 is 0 Å². The lowest BCUT2D eigenvalue weighted by Crippen LogP contribution is -2.53. The number of fused-ring (bicyclic) bond motifs is 2. The number of carbonyl (C=O) groups excluding carboxylic acids is 2. The number of hydrogen-bond donors (Lipinski definition) is 1. The summed E-state index contributed by atoms with van der Waals surface area (Å²) in [7, 11) is 1.79. The Hall–Kier alpha value is -2.51. The maximum Gasteiger partial charge on any atom is 0.321 e. The molecule has 1 aliphatic carbocycles. The largest absolute Gasteiger partial charge is 0.322 e. The Bertz CT molecular complexity index is 1010. The van der Waals surface area contributed by atoms with Crippen LogP contribution in [0.5, 0.6) is 0 Å². The third kappa shape index (κ3) is 4.24. The summed E-state index contributed by atoms with van der Waals surface area (Å²) < 4.78 is 0. The second-order valence-corrected chi connectivity index (χ2v) is 9.97. The lowest BCUT2D eigenvalue weighted by molar-refractivity contribution is 0.0943. The maximum atomic E-state index is 13.0. The highest BCUT2D eigenvalue weighted by Crippen LogP contribution is 2.41. The van der Waals surface area contributed by atoms with Crippen LogP contribution in [-0.2, 0) is 0 Å². The van der Waals surface area contributed by atoms with Crippen LogP contribution in [0, 0.1) is 0 Å². The number of piperazine rings is 1. The van der Waals surface area contributed by atoms with Crippen molar-refractivity contribution in [1.29, 1.82) is 0 Å². The number of anilines is 2. The summed E-state index contributed by atoms with van der Waals surface area (Å²) in [6.07, 6.45) is 6.64. The standard InChI is InChI=1S/C25H30N4O2S/c1-27-21-17-18(11-12-23(21)32-22-10-6-5-9-20(22)24(27)30)26-25(31)29-15-13-28(14-16-29)19-7-3-2-4-8-19/h5-6,9-12,17,19H,2-4,7-8,13-16H2,1H3,(H,26,31). The molecule has 3 amide bonds. The quantitative estimate of drug-likeness (QED) is 0.706. The van der Waals surface area contributed by atoms with Crippen molar-refractivity contribution in [2.45, 2.75) is 47.9 Å². The van der Waals surface area contributed by atoms with Gasteiger partial charge in [0.05, 0.1) is 11.3 Å². The second-order valence-electron chi connectivity index (χ2n) is 8.89. The molecule has 6 nitrogen and oxygen atoms in total. The van der Waals surface area contributed by atoms with E-state index in [4.69, 9.17) is 0 Å². The van der Waals surface area contributed by atoms with Crippen LogP contribution >= 0.6 is 11.8 Å². The molecule has 1 saturated heterocycles. The Morgan fingerprint density at radius 3 is 2.50 bits per heavy atom. The molecule has 1 saturated carbocycles. The van der Waals surface area contributed by atoms with Gasteiger partial charge in [0.15, 0.2) is 0 Å². The number of nitrogens with zero attached hydrogens (tertiary/aromatic N) is 3. The van der Waals surface area contributed by atoms with Gasteiger partial charge >= 0.3 is 6.03 Å². The maximum absolute atomic E-state index is 13.0. The van der Waals surface area contributed by atoms with Crippen LogP contribution in [0.1, 0.15) is 42.5 Å². The Kier molecular flexibility index (Phi) is 6.11. The molecule has 2 heterocycles. The summed E-state index contributed by atoms with van der Waals surface area (Å²) in [4.78, 5) is 34.0. The molecular weight excluding hydrogens is 420 g/mol. The van der Waals surface area contributed by atoms with Gasteiger partial charge in [-0.05, 0) is 43.2 Å². The van der Waals surface area contributed by atoms with Crippen LogP contribution < -0.4 is 10.2 Å². The van der Waals surface area contributed by atoms with E-state index in [0.29, 0.717) is 11.6 Å². The minimum atomic E-state index is -0.0632. The number of benzene rings is 2. The molecule has 0 aromatic heterocycles. The third-order valence-electron chi connectivity index (χ3n) is 6.91. The molecule has 0 spiro atoms. The first-order chi connectivity index (χ1) is 15.6. The van der Waals surface area contributed by atoms with Crippen molar-refractivity contribution in [3.05, 3.63) is 48.0 Å². The molecule has 168 valence electrons. The summed E-state index contributed by atoms with van der Waals surface area (Å²) in [6, 6.07) is 14.1. The minimum absolute atomic E-state index is 0.0332. The van der Waals surface area contributed by atoms with Crippen LogP contribution in [0.3, 0.4) is 0 Å². The van der Waals surface area contributed by atoms with E-state index in [1.165, 1.54) is 32.1 Å². The van der Waals surface area contributed by atoms with E-state index in [0.717, 1.165) is 47.3 Å². The molecule has 32 heavy (non-hydrogen) atoms. The van der Waals surface area contributed by atoms with Gasteiger partial charge in [0.2, 0.25) is 0 Å². The zero-order valence-corrected chi connectivity index (χ0v) is 19.4. The zero-order chi connectivity index (χ0) is 22.1. The molecule has 2 aromatic rings. The van der Waals surface area contributed by atoms with E-state index in [2.05, 4.69) is 10.2 Å². The smallest absolute Gasteiger partial charge is 0.321 e. The van der Waals surface area contributed by atoms with E-state index in [1.54, 1.807) is 23.7 Å². The van der Waals surface area contributed by atoms with Crippen molar-refractivity contribution in [2.24, 2.45) is 0 Å². The molecule has 2 fully saturated rings. The molecule has 0 atom stereocenters. The average Bonchev–Trinajstić information content (AvgIpc) is 2.94. The molecule has 0 radical (unpaired) electrons. The fourth-order valence-electron chi connectivity index (χ4n) is 5.02. The molecule has 0 unspecified atom stereocenters. The van der Waals surface area contributed by atoms with Gasteiger partial charge in [-0.2, -0.15) is 0 Å².